The van der Waals surface area contributed by atoms with Gasteiger partial charge in [-0.05, 0) is 12.1 Å². The Morgan fingerprint density at radius 1 is 0.826 bits per heavy atom. The summed E-state index contributed by atoms with van der Waals surface area (Å²) in [5, 5.41) is 2.67. The summed E-state index contributed by atoms with van der Waals surface area (Å²) in [6.45, 7) is 0. The van der Waals surface area contributed by atoms with Gasteiger partial charge >= 0.3 is 0 Å². The molecule has 0 radical (unpaired) electrons. The van der Waals surface area contributed by atoms with Crippen molar-refractivity contribution in [1.82, 2.24) is 9.97 Å². The van der Waals surface area contributed by atoms with Gasteiger partial charge in [-0.15, -0.1) is 0 Å². The minimum atomic E-state index is -2.93. The SMILES string of the molecule is O=P(c1ccccc1)(c1ccccc1)c1cc2ccncc2[nH]1. The number of nitrogens with zero attached hydrogens (tertiary/aromatic N) is 1. The zero-order valence-corrected chi connectivity index (χ0v) is 13.3. The molecule has 2 heterocycles. The highest BCUT2D eigenvalue weighted by atomic mass is 31.2. The Hall–Kier alpha value is -2.64. The summed E-state index contributed by atoms with van der Waals surface area (Å²) >= 11 is 0. The zero-order valence-electron chi connectivity index (χ0n) is 12.4. The maximum Gasteiger partial charge on any atom is 0.186 e. The monoisotopic (exact) mass is 318 g/mol. The van der Waals surface area contributed by atoms with E-state index in [1.807, 2.05) is 72.8 Å². The van der Waals surface area contributed by atoms with Crippen molar-refractivity contribution in [1.29, 1.82) is 0 Å². The number of aromatic amines is 1. The lowest BCUT2D eigenvalue weighted by molar-refractivity contribution is 0.592. The van der Waals surface area contributed by atoms with Crippen molar-refractivity contribution in [2.45, 2.75) is 0 Å². The molecule has 4 rings (SSSR count). The quantitative estimate of drug-likeness (QED) is 0.590. The number of pyridine rings is 1. The molecule has 4 aromatic rings. The first-order chi connectivity index (χ1) is 11.3. The summed E-state index contributed by atoms with van der Waals surface area (Å²) in [5.74, 6) is 0. The summed E-state index contributed by atoms with van der Waals surface area (Å²) < 4.78 is 14.1. The highest BCUT2D eigenvalue weighted by Crippen LogP contribution is 2.42. The van der Waals surface area contributed by atoms with Gasteiger partial charge in [0, 0.05) is 22.2 Å². The Balaban J connectivity index is 2.01. The largest absolute Gasteiger partial charge is 0.350 e. The molecule has 0 fully saturated rings. The molecule has 0 atom stereocenters. The van der Waals surface area contributed by atoms with E-state index in [-0.39, 0.29) is 0 Å². The lowest BCUT2D eigenvalue weighted by Crippen LogP contribution is -2.25. The molecule has 23 heavy (non-hydrogen) atoms. The molecule has 0 unspecified atom stereocenters. The molecule has 0 amide bonds. The van der Waals surface area contributed by atoms with E-state index in [0.29, 0.717) is 0 Å². The fourth-order valence-corrected chi connectivity index (χ4v) is 5.47. The second kappa shape index (κ2) is 5.53. The van der Waals surface area contributed by atoms with Crippen LogP contribution in [0.15, 0.2) is 85.2 Å². The Labute approximate surface area is 134 Å². The minimum Gasteiger partial charge on any atom is -0.350 e. The molecule has 0 aliphatic rings. The molecule has 2 aromatic carbocycles. The molecule has 4 heteroatoms. The van der Waals surface area contributed by atoms with Gasteiger partial charge < -0.3 is 9.55 Å². The first kappa shape index (κ1) is 14.0. The van der Waals surface area contributed by atoms with Gasteiger partial charge in [0.05, 0.1) is 17.1 Å². The predicted molar refractivity (Wildman–Crippen MR) is 95.5 cm³/mol. The van der Waals surface area contributed by atoms with E-state index in [9.17, 15) is 4.57 Å². The molecule has 0 saturated carbocycles. The smallest absolute Gasteiger partial charge is 0.186 e. The number of H-pyrrole nitrogens is 1. The van der Waals surface area contributed by atoms with Crippen LogP contribution in [-0.4, -0.2) is 9.97 Å². The second-order valence-corrected chi connectivity index (χ2v) is 8.13. The summed E-state index contributed by atoms with van der Waals surface area (Å²) in [5.41, 5.74) is 1.63. The molecular formula is C19H15N2OP. The maximum absolute atomic E-state index is 14.1. The molecule has 0 bridgehead atoms. The highest BCUT2D eigenvalue weighted by molar-refractivity contribution is 7.85. The first-order valence-corrected chi connectivity index (χ1v) is 9.14. The van der Waals surface area contributed by atoms with Crippen molar-refractivity contribution in [3.05, 3.63) is 85.2 Å². The Morgan fingerprint density at radius 3 is 2.00 bits per heavy atom. The van der Waals surface area contributed by atoms with Crippen molar-refractivity contribution in [2.24, 2.45) is 0 Å². The lowest BCUT2D eigenvalue weighted by Gasteiger charge is -2.18. The summed E-state index contributed by atoms with van der Waals surface area (Å²) in [6.07, 6.45) is 3.51. The average molecular weight is 318 g/mol. The summed E-state index contributed by atoms with van der Waals surface area (Å²) in [6, 6.07) is 23.2. The standard InChI is InChI=1S/C19H15N2OP/c22-23(16-7-3-1-4-8-16,17-9-5-2-6-10-17)19-13-15-11-12-20-14-18(15)21-19/h1-14,21H. The van der Waals surface area contributed by atoms with Crippen LogP contribution < -0.4 is 16.0 Å². The lowest BCUT2D eigenvalue weighted by atomic mass is 10.3. The molecule has 1 N–H and O–H groups in total. The van der Waals surface area contributed by atoms with E-state index in [4.69, 9.17) is 0 Å². The molecule has 0 saturated heterocycles. The number of hydrogen-bond donors (Lipinski definition) is 1. The number of hydrogen-bond acceptors (Lipinski definition) is 2. The summed E-state index contributed by atoms with van der Waals surface area (Å²) in [7, 11) is -2.93. The van der Waals surface area contributed by atoms with Crippen molar-refractivity contribution in [3.63, 3.8) is 0 Å². The molecule has 3 nitrogen and oxygen atoms in total. The van der Waals surface area contributed by atoms with Gasteiger partial charge in [-0.3, -0.25) is 4.98 Å². The molecule has 0 spiro atoms. The third-order valence-corrected chi connectivity index (χ3v) is 6.96. The van der Waals surface area contributed by atoms with Crippen LogP contribution in [0, 0.1) is 0 Å². The van der Waals surface area contributed by atoms with E-state index in [2.05, 4.69) is 9.97 Å². The van der Waals surface area contributed by atoms with Gasteiger partial charge in [0.1, 0.15) is 0 Å². The van der Waals surface area contributed by atoms with E-state index < -0.39 is 7.14 Å². The first-order valence-electron chi connectivity index (χ1n) is 7.43. The third-order valence-electron chi connectivity index (χ3n) is 3.99. The molecule has 0 aliphatic heterocycles. The fourth-order valence-electron chi connectivity index (χ4n) is 2.83. The molecule has 2 aromatic heterocycles. The van der Waals surface area contributed by atoms with E-state index >= 15 is 0 Å². The van der Waals surface area contributed by atoms with Crippen LogP contribution >= 0.6 is 7.14 Å². The predicted octanol–water partition coefficient (Wildman–Crippen LogP) is 3.20. The van der Waals surface area contributed by atoms with Crippen molar-refractivity contribution in [3.8, 4) is 0 Å². The van der Waals surface area contributed by atoms with Crippen LogP contribution in [0.4, 0.5) is 0 Å². The average Bonchev–Trinajstić information content (AvgIpc) is 3.07. The van der Waals surface area contributed by atoms with Crippen LogP contribution in [-0.2, 0) is 4.57 Å². The van der Waals surface area contributed by atoms with Crippen LogP contribution in [0.25, 0.3) is 10.9 Å². The van der Waals surface area contributed by atoms with Gasteiger partial charge in [0.15, 0.2) is 7.14 Å². The highest BCUT2D eigenvalue weighted by Gasteiger charge is 2.31. The van der Waals surface area contributed by atoms with Gasteiger partial charge in [0.2, 0.25) is 0 Å². The molecular weight excluding hydrogens is 303 g/mol. The van der Waals surface area contributed by atoms with Crippen molar-refractivity contribution >= 4 is 34.1 Å². The topological polar surface area (TPSA) is 45.8 Å². The van der Waals surface area contributed by atoms with Crippen molar-refractivity contribution in [2.75, 3.05) is 0 Å². The van der Waals surface area contributed by atoms with Crippen LogP contribution in [0.5, 0.6) is 0 Å². The number of fused-ring (bicyclic) bond motifs is 1. The Bertz CT molecular complexity index is 917. The number of nitrogens with one attached hydrogen (secondary N) is 1. The molecule has 0 aliphatic carbocycles. The van der Waals surface area contributed by atoms with Gasteiger partial charge in [0.25, 0.3) is 0 Å². The van der Waals surface area contributed by atoms with Crippen LogP contribution in [0.2, 0.25) is 0 Å². The Kier molecular flexibility index (Phi) is 3.36. The fraction of sp³-hybridized carbons (Fsp3) is 0. The third kappa shape index (κ3) is 2.30. The van der Waals surface area contributed by atoms with Gasteiger partial charge in [-0.1, -0.05) is 60.7 Å². The number of rotatable bonds is 3. The van der Waals surface area contributed by atoms with Gasteiger partial charge in [-0.2, -0.15) is 0 Å². The normalized spacial score (nSPS) is 11.7. The van der Waals surface area contributed by atoms with Crippen LogP contribution in [0.1, 0.15) is 0 Å². The van der Waals surface area contributed by atoms with E-state index in [0.717, 1.165) is 26.9 Å². The zero-order chi connectivity index (χ0) is 15.7. The molecule has 112 valence electrons. The summed E-state index contributed by atoms with van der Waals surface area (Å²) in [4.78, 5) is 7.44. The number of benzene rings is 2. The Morgan fingerprint density at radius 2 is 1.43 bits per heavy atom. The van der Waals surface area contributed by atoms with Gasteiger partial charge in [-0.25, -0.2) is 0 Å². The maximum atomic E-state index is 14.1. The van der Waals surface area contributed by atoms with Crippen LogP contribution in [0.3, 0.4) is 0 Å². The van der Waals surface area contributed by atoms with E-state index in [1.165, 1.54) is 0 Å². The minimum absolute atomic E-state index is 0.734. The van der Waals surface area contributed by atoms with Crippen molar-refractivity contribution < 1.29 is 4.57 Å². The van der Waals surface area contributed by atoms with E-state index in [1.54, 1.807) is 12.4 Å². The number of aromatic nitrogens is 2. The second-order valence-electron chi connectivity index (χ2n) is 5.40.